The van der Waals surface area contributed by atoms with E-state index in [9.17, 15) is 4.79 Å². The highest BCUT2D eigenvalue weighted by Crippen LogP contribution is 2.36. The fraction of sp³-hybridized carbons (Fsp3) is 0.636. The predicted molar refractivity (Wildman–Crippen MR) is 53.6 cm³/mol. The van der Waals surface area contributed by atoms with Crippen LogP contribution in [0.15, 0.2) is 4.52 Å². The fourth-order valence-corrected chi connectivity index (χ4v) is 2.00. The van der Waals surface area contributed by atoms with Gasteiger partial charge in [-0.05, 0) is 18.3 Å². The van der Waals surface area contributed by atoms with Crippen molar-refractivity contribution in [2.75, 3.05) is 7.11 Å². The van der Waals surface area contributed by atoms with Gasteiger partial charge in [-0.3, -0.25) is 0 Å². The van der Waals surface area contributed by atoms with Crippen molar-refractivity contribution < 1.29 is 14.1 Å². The van der Waals surface area contributed by atoms with Gasteiger partial charge >= 0.3 is 5.97 Å². The molecule has 0 aromatic carbocycles. The summed E-state index contributed by atoms with van der Waals surface area (Å²) in [5.74, 6) is 0.437. The van der Waals surface area contributed by atoms with Gasteiger partial charge in [0.15, 0.2) is 5.69 Å². The Balaban J connectivity index is 2.38. The molecule has 4 heteroatoms. The third kappa shape index (κ3) is 1.76. The van der Waals surface area contributed by atoms with Crippen LogP contribution in [-0.4, -0.2) is 18.2 Å². The van der Waals surface area contributed by atoms with Crippen molar-refractivity contribution in [2.24, 2.45) is 5.41 Å². The number of carbonyl (C=O) groups is 1. The Morgan fingerprint density at radius 2 is 2.27 bits per heavy atom. The Kier molecular flexibility index (Phi) is 2.29. The summed E-state index contributed by atoms with van der Waals surface area (Å²) in [5, 5.41) is 3.78. The van der Waals surface area contributed by atoms with Crippen molar-refractivity contribution in [1.29, 1.82) is 0 Å². The second-order valence-corrected chi connectivity index (χ2v) is 4.77. The number of esters is 1. The molecule has 15 heavy (non-hydrogen) atoms. The first-order valence-electron chi connectivity index (χ1n) is 5.09. The van der Waals surface area contributed by atoms with E-state index in [1.165, 1.54) is 7.11 Å². The topological polar surface area (TPSA) is 52.3 Å². The molecule has 1 aliphatic rings. The Hall–Kier alpha value is -1.32. The van der Waals surface area contributed by atoms with Gasteiger partial charge in [0.05, 0.1) is 7.11 Å². The molecule has 1 heterocycles. The number of aromatic nitrogens is 1. The maximum Gasteiger partial charge on any atom is 0.360 e. The average Bonchev–Trinajstić information content (AvgIpc) is 2.58. The van der Waals surface area contributed by atoms with Crippen LogP contribution < -0.4 is 0 Å². The molecular weight excluding hydrogens is 194 g/mol. The molecule has 0 bridgehead atoms. The highest BCUT2D eigenvalue weighted by Gasteiger charge is 2.32. The van der Waals surface area contributed by atoms with E-state index in [4.69, 9.17) is 4.52 Å². The van der Waals surface area contributed by atoms with E-state index in [1.807, 2.05) is 0 Å². The van der Waals surface area contributed by atoms with Gasteiger partial charge in [-0.1, -0.05) is 19.0 Å². The summed E-state index contributed by atoms with van der Waals surface area (Å²) in [5.41, 5.74) is 1.49. The number of hydrogen-bond donors (Lipinski definition) is 0. The third-order valence-corrected chi connectivity index (χ3v) is 2.93. The van der Waals surface area contributed by atoms with Crippen molar-refractivity contribution in [2.45, 2.75) is 33.1 Å². The van der Waals surface area contributed by atoms with Gasteiger partial charge in [0.1, 0.15) is 5.76 Å². The molecule has 4 nitrogen and oxygen atoms in total. The van der Waals surface area contributed by atoms with Gasteiger partial charge in [-0.2, -0.15) is 0 Å². The Bertz CT molecular complexity index is 393. The first-order valence-corrected chi connectivity index (χ1v) is 5.09. The summed E-state index contributed by atoms with van der Waals surface area (Å²) in [6, 6.07) is 0. The molecule has 0 amide bonds. The largest absolute Gasteiger partial charge is 0.464 e. The normalized spacial score (nSPS) is 18.3. The summed E-state index contributed by atoms with van der Waals surface area (Å²) in [6.07, 6.45) is 2.75. The molecule has 82 valence electrons. The molecule has 0 saturated heterocycles. The number of ether oxygens (including phenoxy) is 1. The lowest BCUT2D eigenvalue weighted by Crippen LogP contribution is -2.22. The lowest BCUT2D eigenvalue weighted by Gasteiger charge is -2.28. The minimum absolute atomic E-state index is 0.210. The molecule has 1 aliphatic carbocycles. The van der Waals surface area contributed by atoms with Crippen LogP contribution >= 0.6 is 0 Å². The number of carbonyl (C=O) groups excluding carboxylic acids is 1. The fourth-order valence-electron chi connectivity index (χ4n) is 2.00. The van der Waals surface area contributed by atoms with E-state index in [0.29, 0.717) is 5.69 Å². The summed E-state index contributed by atoms with van der Waals surface area (Å²) in [6.45, 7) is 4.37. The van der Waals surface area contributed by atoms with Crippen molar-refractivity contribution in [3.63, 3.8) is 0 Å². The zero-order valence-corrected chi connectivity index (χ0v) is 9.29. The first kappa shape index (κ1) is 10.2. The molecule has 0 saturated carbocycles. The van der Waals surface area contributed by atoms with Crippen molar-refractivity contribution >= 4 is 5.97 Å². The van der Waals surface area contributed by atoms with Crippen LogP contribution in [0.25, 0.3) is 0 Å². The zero-order valence-electron chi connectivity index (χ0n) is 9.29. The van der Waals surface area contributed by atoms with Gasteiger partial charge in [-0.25, -0.2) is 4.79 Å². The molecule has 1 aromatic heterocycles. The minimum atomic E-state index is -0.405. The summed E-state index contributed by atoms with van der Waals surface area (Å²) in [4.78, 5) is 11.4. The van der Waals surface area contributed by atoms with Crippen molar-refractivity contribution in [1.82, 2.24) is 5.16 Å². The van der Waals surface area contributed by atoms with E-state index >= 15 is 0 Å². The molecular formula is C11H15NO3. The number of aryl methyl sites for hydroxylation is 1. The number of methoxy groups -OCH3 is 1. The van der Waals surface area contributed by atoms with Crippen molar-refractivity contribution in [3.8, 4) is 0 Å². The Morgan fingerprint density at radius 3 is 2.93 bits per heavy atom. The number of hydrogen-bond acceptors (Lipinski definition) is 4. The maximum absolute atomic E-state index is 11.4. The summed E-state index contributed by atoms with van der Waals surface area (Å²) in [7, 11) is 1.36. The van der Waals surface area contributed by atoms with E-state index in [0.717, 1.165) is 30.6 Å². The Morgan fingerprint density at radius 1 is 1.53 bits per heavy atom. The lowest BCUT2D eigenvalue weighted by atomic mass is 9.76. The van der Waals surface area contributed by atoms with Crippen LogP contribution in [-0.2, 0) is 17.6 Å². The summed E-state index contributed by atoms with van der Waals surface area (Å²) >= 11 is 0. The van der Waals surface area contributed by atoms with Crippen LogP contribution in [0.2, 0.25) is 0 Å². The molecule has 0 spiro atoms. The molecule has 0 fully saturated rings. The van der Waals surface area contributed by atoms with Crippen LogP contribution in [0.3, 0.4) is 0 Å². The van der Waals surface area contributed by atoms with Gasteiger partial charge in [0, 0.05) is 12.0 Å². The van der Waals surface area contributed by atoms with E-state index < -0.39 is 5.97 Å². The van der Waals surface area contributed by atoms with Crippen LogP contribution in [0.4, 0.5) is 0 Å². The Labute approximate surface area is 88.6 Å². The summed E-state index contributed by atoms with van der Waals surface area (Å²) < 4.78 is 9.82. The third-order valence-electron chi connectivity index (χ3n) is 2.93. The monoisotopic (exact) mass is 209 g/mol. The smallest absolute Gasteiger partial charge is 0.360 e. The standard InChI is InChI=1S/C11H15NO3/c1-11(2)5-4-8-7(6-11)9(12-15-8)10(13)14-3/h4-6H2,1-3H3. The highest BCUT2D eigenvalue weighted by atomic mass is 16.5. The van der Waals surface area contributed by atoms with Gasteiger partial charge in [0.25, 0.3) is 0 Å². The zero-order chi connectivity index (χ0) is 11.1. The first-order chi connectivity index (χ1) is 7.03. The highest BCUT2D eigenvalue weighted by molar-refractivity contribution is 5.88. The van der Waals surface area contributed by atoms with Crippen molar-refractivity contribution in [3.05, 3.63) is 17.0 Å². The van der Waals surface area contributed by atoms with E-state index in [1.54, 1.807) is 0 Å². The molecule has 0 aliphatic heterocycles. The van der Waals surface area contributed by atoms with Gasteiger partial charge in [0.2, 0.25) is 0 Å². The second-order valence-electron chi connectivity index (χ2n) is 4.77. The van der Waals surface area contributed by atoms with E-state index in [-0.39, 0.29) is 5.41 Å². The van der Waals surface area contributed by atoms with Crippen LogP contribution in [0, 0.1) is 5.41 Å². The quantitative estimate of drug-likeness (QED) is 0.663. The number of fused-ring (bicyclic) bond motifs is 1. The molecule has 0 N–H and O–H groups in total. The SMILES string of the molecule is COC(=O)c1noc2c1CC(C)(C)CC2. The van der Waals surface area contributed by atoms with Gasteiger partial charge < -0.3 is 9.26 Å². The van der Waals surface area contributed by atoms with E-state index in [2.05, 4.69) is 23.7 Å². The minimum Gasteiger partial charge on any atom is -0.464 e. The maximum atomic E-state index is 11.4. The molecule has 0 radical (unpaired) electrons. The number of nitrogens with zero attached hydrogens (tertiary/aromatic N) is 1. The molecule has 2 rings (SSSR count). The molecule has 0 atom stereocenters. The predicted octanol–water partition coefficient (Wildman–Crippen LogP) is 1.98. The number of rotatable bonds is 1. The van der Waals surface area contributed by atoms with Crippen LogP contribution in [0.5, 0.6) is 0 Å². The van der Waals surface area contributed by atoms with Gasteiger partial charge in [-0.15, -0.1) is 0 Å². The molecule has 1 aromatic rings. The molecule has 0 unspecified atom stereocenters. The second kappa shape index (κ2) is 3.36. The average molecular weight is 209 g/mol. The lowest BCUT2D eigenvalue weighted by molar-refractivity contribution is 0.0587. The van der Waals surface area contributed by atoms with Crippen LogP contribution in [0.1, 0.15) is 42.1 Å².